The molecule has 1 atom stereocenters. The Morgan fingerprint density at radius 3 is 2.88 bits per heavy atom. The Morgan fingerprint density at radius 1 is 1.50 bits per heavy atom. The highest BCUT2D eigenvalue weighted by Gasteiger charge is 2.07. The molecule has 0 aliphatic carbocycles. The molecule has 1 heterocycles. The van der Waals surface area contributed by atoms with Gasteiger partial charge in [-0.3, -0.25) is 0 Å². The Bertz CT molecular complexity index is 329. The van der Waals surface area contributed by atoms with Crippen LogP contribution < -0.4 is 10.1 Å². The van der Waals surface area contributed by atoms with E-state index in [9.17, 15) is 0 Å². The molecule has 0 aliphatic rings. The molecule has 2 N–H and O–H groups in total. The first-order valence-corrected chi connectivity index (χ1v) is 5.51. The third-order valence-corrected chi connectivity index (χ3v) is 2.17. The Morgan fingerprint density at radius 2 is 2.25 bits per heavy atom. The van der Waals surface area contributed by atoms with Crippen molar-refractivity contribution in [1.82, 2.24) is 9.97 Å². The van der Waals surface area contributed by atoms with Crippen molar-refractivity contribution in [1.29, 1.82) is 0 Å². The smallest absolute Gasteiger partial charge is 0.221 e. The van der Waals surface area contributed by atoms with Crippen molar-refractivity contribution in [2.45, 2.75) is 33.3 Å². The minimum absolute atomic E-state index is 0.305. The monoisotopic (exact) mass is 225 g/mol. The number of hydrogen-bond acceptors (Lipinski definition) is 5. The van der Waals surface area contributed by atoms with E-state index in [4.69, 9.17) is 9.84 Å². The molecule has 0 radical (unpaired) electrons. The first-order chi connectivity index (χ1) is 7.65. The Kier molecular flexibility index (Phi) is 4.98. The lowest BCUT2D eigenvalue weighted by molar-refractivity contribution is 0.188. The molecule has 0 amide bonds. The zero-order chi connectivity index (χ0) is 12.0. The highest BCUT2D eigenvalue weighted by molar-refractivity contribution is 5.47. The number of anilines is 1. The van der Waals surface area contributed by atoms with Crippen molar-refractivity contribution in [2.24, 2.45) is 0 Å². The first kappa shape index (κ1) is 12.7. The van der Waals surface area contributed by atoms with Gasteiger partial charge in [-0.05, 0) is 27.2 Å². The minimum atomic E-state index is -0.305. The molecular formula is C11H19N3O2. The van der Waals surface area contributed by atoms with Gasteiger partial charge in [-0.15, -0.1) is 0 Å². The van der Waals surface area contributed by atoms with E-state index in [2.05, 4.69) is 15.3 Å². The molecule has 0 fully saturated rings. The Labute approximate surface area is 95.9 Å². The van der Waals surface area contributed by atoms with Crippen LogP contribution in [-0.4, -0.2) is 34.3 Å². The summed E-state index contributed by atoms with van der Waals surface area (Å²) in [6, 6.07) is 0. The molecule has 1 aromatic rings. The van der Waals surface area contributed by atoms with Crippen LogP contribution in [0.5, 0.6) is 5.88 Å². The molecule has 0 spiro atoms. The first-order valence-electron chi connectivity index (χ1n) is 5.51. The molecule has 0 aromatic carbocycles. The molecule has 1 unspecified atom stereocenters. The normalized spacial score (nSPS) is 12.2. The summed E-state index contributed by atoms with van der Waals surface area (Å²) in [5.41, 5.74) is 0.898. The van der Waals surface area contributed by atoms with Gasteiger partial charge in [0.05, 0.1) is 18.3 Å². The second-order valence-corrected chi connectivity index (χ2v) is 3.65. The summed E-state index contributed by atoms with van der Waals surface area (Å²) in [6.07, 6.45) is 1.86. The van der Waals surface area contributed by atoms with E-state index in [1.54, 1.807) is 6.92 Å². The molecule has 90 valence electrons. The van der Waals surface area contributed by atoms with E-state index in [-0.39, 0.29) is 6.10 Å². The van der Waals surface area contributed by atoms with E-state index in [1.807, 2.05) is 13.8 Å². The van der Waals surface area contributed by atoms with Gasteiger partial charge in [0.2, 0.25) is 5.88 Å². The zero-order valence-electron chi connectivity index (χ0n) is 10.0. The zero-order valence-corrected chi connectivity index (χ0v) is 10.0. The lowest BCUT2D eigenvalue weighted by atomic mass is 10.2. The van der Waals surface area contributed by atoms with Gasteiger partial charge in [-0.25, -0.2) is 9.97 Å². The van der Waals surface area contributed by atoms with Gasteiger partial charge in [0.1, 0.15) is 12.1 Å². The summed E-state index contributed by atoms with van der Waals surface area (Å²) in [5, 5.41) is 12.3. The van der Waals surface area contributed by atoms with Crippen molar-refractivity contribution in [2.75, 3.05) is 18.5 Å². The molecule has 0 saturated carbocycles. The number of rotatable bonds is 6. The number of ether oxygens (including phenoxy) is 1. The quantitative estimate of drug-likeness (QED) is 0.765. The molecule has 16 heavy (non-hydrogen) atoms. The average molecular weight is 225 g/mol. The maximum Gasteiger partial charge on any atom is 0.221 e. The lowest BCUT2D eigenvalue weighted by Gasteiger charge is -2.11. The van der Waals surface area contributed by atoms with Crippen LogP contribution in [0.1, 0.15) is 25.8 Å². The van der Waals surface area contributed by atoms with Gasteiger partial charge >= 0.3 is 0 Å². The Hall–Kier alpha value is -1.36. The van der Waals surface area contributed by atoms with Crippen LogP contribution in [0.15, 0.2) is 6.33 Å². The topological polar surface area (TPSA) is 67.3 Å². The third-order valence-electron chi connectivity index (χ3n) is 2.17. The predicted octanol–water partition coefficient (Wildman–Crippen LogP) is 1.37. The number of aromatic nitrogens is 2. The van der Waals surface area contributed by atoms with Crippen LogP contribution >= 0.6 is 0 Å². The predicted molar refractivity (Wildman–Crippen MR) is 62.7 cm³/mol. The summed E-state index contributed by atoms with van der Waals surface area (Å²) in [4.78, 5) is 8.18. The number of nitrogens with zero attached hydrogens (tertiary/aromatic N) is 2. The Balaban J connectivity index is 2.62. The molecule has 5 heteroatoms. The van der Waals surface area contributed by atoms with Crippen molar-refractivity contribution >= 4 is 5.82 Å². The van der Waals surface area contributed by atoms with Crippen LogP contribution in [0.25, 0.3) is 0 Å². The fraction of sp³-hybridized carbons (Fsp3) is 0.636. The summed E-state index contributed by atoms with van der Waals surface area (Å²) in [5.74, 6) is 1.37. The largest absolute Gasteiger partial charge is 0.478 e. The van der Waals surface area contributed by atoms with Gasteiger partial charge in [0.25, 0.3) is 0 Å². The summed E-state index contributed by atoms with van der Waals surface area (Å²) < 4.78 is 5.36. The summed E-state index contributed by atoms with van der Waals surface area (Å²) in [7, 11) is 0. The highest BCUT2D eigenvalue weighted by atomic mass is 16.5. The molecule has 5 nitrogen and oxygen atoms in total. The van der Waals surface area contributed by atoms with E-state index in [1.165, 1.54) is 6.33 Å². The van der Waals surface area contributed by atoms with Gasteiger partial charge in [0.15, 0.2) is 0 Å². The van der Waals surface area contributed by atoms with Crippen LogP contribution in [0.2, 0.25) is 0 Å². The van der Waals surface area contributed by atoms with Crippen molar-refractivity contribution in [3.63, 3.8) is 0 Å². The van der Waals surface area contributed by atoms with Crippen molar-refractivity contribution < 1.29 is 9.84 Å². The SMILES string of the molecule is CCOc1ncnc(NCCC(C)O)c1C. The van der Waals surface area contributed by atoms with Gasteiger partial charge in [-0.1, -0.05) is 0 Å². The van der Waals surface area contributed by atoms with E-state index in [0.29, 0.717) is 25.5 Å². The lowest BCUT2D eigenvalue weighted by Crippen LogP contribution is -2.12. The van der Waals surface area contributed by atoms with Gasteiger partial charge < -0.3 is 15.2 Å². The molecule has 0 saturated heterocycles. The minimum Gasteiger partial charge on any atom is -0.478 e. The van der Waals surface area contributed by atoms with E-state index >= 15 is 0 Å². The summed E-state index contributed by atoms with van der Waals surface area (Å²) >= 11 is 0. The van der Waals surface area contributed by atoms with Gasteiger partial charge in [-0.2, -0.15) is 0 Å². The fourth-order valence-corrected chi connectivity index (χ4v) is 1.29. The average Bonchev–Trinajstić information content (AvgIpc) is 2.23. The van der Waals surface area contributed by atoms with Crippen LogP contribution in [0.3, 0.4) is 0 Å². The fourth-order valence-electron chi connectivity index (χ4n) is 1.29. The molecular weight excluding hydrogens is 206 g/mol. The van der Waals surface area contributed by atoms with Crippen molar-refractivity contribution in [3.8, 4) is 5.88 Å². The maximum atomic E-state index is 9.14. The second kappa shape index (κ2) is 6.27. The molecule has 0 bridgehead atoms. The maximum absolute atomic E-state index is 9.14. The number of hydrogen-bond donors (Lipinski definition) is 2. The second-order valence-electron chi connectivity index (χ2n) is 3.65. The number of nitrogens with one attached hydrogen (secondary N) is 1. The van der Waals surface area contributed by atoms with Crippen molar-refractivity contribution in [3.05, 3.63) is 11.9 Å². The molecule has 0 aliphatic heterocycles. The van der Waals surface area contributed by atoms with Crippen LogP contribution in [-0.2, 0) is 0 Å². The standard InChI is InChI=1S/C11H19N3O2/c1-4-16-11-9(3)10(13-7-14-11)12-6-5-8(2)15/h7-8,15H,4-6H2,1-3H3,(H,12,13,14). The third kappa shape index (κ3) is 3.66. The summed E-state index contributed by atoms with van der Waals surface area (Å²) in [6.45, 7) is 6.87. The highest BCUT2D eigenvalue weighted by Crippen LogP contribution is 2.19. The number of aliphatic hydroxyl groups is 1. The van der Waals surface area contributed by atoms with E-state index in [0.717, 1.165) is 11.4 Å². The van der Waals surface area contributed by atoms with Gasteiger partial charge in [0, 0.05) is 6.54 Å². The van der Waals surface area contributed by atoms with Crippen LogP contribution in [0.4, 0.5) is 5.82 Å². The van der Waals surface area contributed by atoms with Crippen LogP contribution in [0, 0.1) is 6.92 Å². The number of aliphatic hydroxyl groups excluding tert-OH is 1. The van der Waals surface area contributed by atoms with E-state index < -0.39 is 0 Å². The molecule has 1 rings (SSSR count). The molecule has 1 aromatic heterocycles.